The summed E-state index contributed by atoms with van der Waals surface area (Å²) >= 11 is 5.91. The van der Waals surface area contributed by atoms with Crippen LogP contribution in [0.1, 0.15) is 5.56 Å². The van der Waals surface area contributed by atoms with Gasteiger partial charge in [-0.2, -0.15) is 0 Å². The van der Waals surface area contributed by atoms with Crippen LogP contribution in [-0.4, -0.2) is 10.0 Å². The molecule has 0 unspecified atom stereocenters. The molecular weight excluding hydrogens is 270 g/mol. The molecule has 0 aliphatic carbocycles. The lowest BCUT2D eigenvalue weighted by atomic mass is 10.2. The quantitative estimate of drug-likeness (QED) is 0.686. The summed E-state index contributed by atoms with van der Waals surface area (Å²) in [4.78, 5) is 10.3. The maximum Gasteiger partial charge on any atom is 0.313 e. The predicted molar refractivity (Wildman–Crippen MR) is 70.5 cm³/mol. The first-order valence-electron chi connectivity index (χ1n) is 5.42. The van der Waals surface area contributed by atoms with Gasteiger partial charge in [-0.1, -0.05) is 29.8 Å². The highest BCUT2D eigenvalue weighted by molar-refractivity contribution is 6.32. The van der Waals surface area contributed by atoms with Gasteiger partial charge in [-0.05, 0) is 23.8 Å². The fraction of sp³-hybridized carbons (Fsp3) is 0.0769. The van der Waals surface area contributed by atoms with E-state index < -0.39 is 4.92 Å². The fourth-order valence-corrected chi connectivity index (χ4v) is 1.73. The number of aliphatic hydroxyl groups excluding tert-OH is 1. The van der Waals surface area contributed by atoms with E-state index in [0.29, 0.717) is 5.75 Å². The molecule has 2 aromatic carbocycles. The molecule has 0 saturated carbocycles. The molecule has 19 heavy (non-hydrogen) atoms. The lowest BCUT2D eigenvalue weighted by Gasteiger charge is -2.08. The van der Waals surface area contributed by atoms with Crippen molar-refractivity contribution >= 4 is 17.3 Å². The van der Waals surface area contributed by atoms with Crippen LogP contribution in [-0.2, 0) is 6.61 Å². The van der Waals surface area contributed by atoms with E-state index in [1.54, 1.807) is 24.3 Å². The molecule has 0 atom stereocenters. The number of nitro groups is 1. The van der Waals surface area contributed by atoms with Crippen LogP contribution in [0.2, 0.25) is 5.02 Å². The minimum atomic E-state index is -0.552. The summed E-state index contributed by atoms with van der Waals surface area (Å²) in [5.74, 6) is 0.416. The van der Waals surface area contributed by atoms with Crippen molar-refractivity contribution in [2.45, 2.75) is 6.61 Å². The first kappa shape index (κ1) is 13.3. The van der Waals surface area contributed by atoms with Crippen LogP contribution in [0.15, 0.2) is 42.5 Å². The van der Waals surface area contributed by atoms with Crippen LogP contribution in [0.25, 0.3) is 0 Å². The molecule has 0 spiro atoms. The Morgan fingerprint density at radius 2 is 1.89 bits per heavy atom. The van der Waals surface area contributed by atoms with Gasteiger partial charge in [0.2, 0.25) is 5.75 Å². The van der Waals surface area contributed by atoms with Gasteiger partial charge in [-0.15, -0.1) is 0 Å². The number of hydrogen-bond acceptors (Lipinski definition) is 4. The molecule has 0 aliphatic heterocycles. The zero-order valence-electron chi connectivity index (χ0n) is 9.75. The Hall–Kier alpha value is -2.11. The molecule has 2 aromatic rings. The number of para-hydroxylation sites is 1. The lowest BCUT2D eigenvalue weighted by molar-refractivity contribution is -0.385. The van der Waals surface area contributed by atoms with Gasteiger partial charge in [-0.3, -0.25) is 10.1 Å². The molecular formula is C13H10ClNO4. The third kappa shape index (κ3) is 3.01. The van der Waals surface area contributed by atoms with Crippen molar-refractivity contribution < 1.29 is 14.8 Å². The largest absolute Gasteiger partial charge is 0.449 e. The van der Waals surface area contributed by atoms with Gasteiger partial charge in [0.1, 0.15) is 5.75 Å². The Morgan fingerprint density at radius 3 is 2.47 bits per heavy atom. The van der Waals surface area contributed by atoms with Crippen LogP contribution in [0.4, 0.5) is 5.69 Å². The summed E-state index contributed by atoms with van der Waals surface area (Å²) < 4.78 is 5.45. The van der Waals surface area contributed by atoms with Crippen molar-refractivity contribution in [3.05, 3.63) is 63.2 Å². The standard InChI is InChI=1S/C13H10ClNO4/c14-11-2-1-3-12(15(17)18)13(11)19-10-6-4-9(8-16)5-7-10/h1-7,16H,8H2. The van der Waals surface area contributed by atoms with Crippen molar-refractivity contribution in [3.8, 4) is 11.5 Å². The number of halogens is 1. The lowest BCUT2D eigenvalue weighted by Crippen LogP contribution is -1.94. The number of hydrogen-bond donors (Lipinski definition) is 1. The van der Waals surface area contributed by atoms with Crippen LogP contribution in [0, 0.1) is 10.1 Å². The van der Waals surface area contributed by atoms with Crippen molar-refractivity contribution in [2.75, 3.05) is 0 Å². The van der Waals surface area contributed by atoms with Gasteiger partial charge in [0.15, 0.2) is 0 Å². The molecule has 0 bridgehead atoms. The summed E-state index contributed by atoms with van der Waals surface area (Å²) in [6.45, 7) is -0.0769. The predicted octanol–water partition coefficient (Wildman–Crippen LogP) is 3.53. The zero-order valence-corrected chi connectivity index (χ0v) is 10.5. The first-order chi connectivity index (χ1) is 9.11. The smallest absolute Gasteiger partial charge is 0.313 e. The number of rotatable bonds is 4. The van der Waals surface area contributed by atoms with Crippen LogP contribution in [0.5, 0.6) is 11.5 Å². The molecule has 0 radical (unpaired) electrons. The van der Waals surface area contributed by atoms with Gasteiger partial charge < -0.3 is 9.84 Å². The average molecular weight is 280 g/mol. The summed E-state index contributed by atoms with van der Waals surface area (Å²) in [7, 11) is 0. The highest BCUT2D eigenvalue weighted by Crippen LogP contribution is 2.37. The molecule has 1 N–H and O–H groups in total. The van der Waals surface area contributed by atoms with E-state index in [4.69, 9.17) is 21.4 Å². The molecule has 6 heteroatoms. The fourth-order valence-electron chi connectivity index (χ4n) is 1.52. The summed E-state index contributed by atoms with van der Waals surface area (Å²) in [5.41, 5.74) is 0.528. The third-order valence-corrected chi connectivity index (χ3v) is 2.77. The molecule has 0 aromatic heterocycles. The number of nitro benzene ring substituents is 1. The molecule has 0 fully saturated rings. The second-order valence-corrected chi connectivity index (χ2v) is 4.16. The number of aliphatic hydroxyl groups is 1. The van der Waals surface area contributed by atoms with Gasteiger partial charge in [-0.25, -0.2) is 0 Å². The average Bonchev–Trinajstić information content (AvgIpc) is 2.41. The number of nitrogens with zero attached hydrogens (tertiary/aromatic N) is 1. The Labute approximate surface area is 114 Å². The van der Waals surface area contributed by atoms with Crippen molar-refractivity contribution in [1.29, 1.82) is 0 Å². The van der Waals surface area contributed by atoms with E-state index in [0.717, 1.165) is 5.56 Å². The van der Waals surface area contributed by atoms with E-state index in [-0.39, 0.29) is 23.1 Å². The highest BCUT2D eigenvalue weighted by atomic mass is 35.5. The van der Waals surface area contributed by atoms with Crippen LogP contribution < -0.4 is 4.74 Å². The van der Waals surface area contributed by atoms with E-state index in [2.05, 4.69) is 0 Å². The maximum absolute atomic E-state index is 10.9. The van der Waals surface area contributed by atoms with Crippen molar-refractivity contribution in [3.63, 3.8) is 0 Å². The van der Waals surface area contributed by atoms with E-state index in [9.17, 15) is 10.1 Å². The molecule has 98 valence electrons. The minimum Gasteiger partial charge on any atom is -0.449 e. The van der Waals surface area contributed by atoms with Crippen LogP contribution >= 0.6 is 11.6 Å². The SMILES string of the molecule is O=[N+]([O-])c1cccc(Cl)c1Oc1ccc(CO)cc1. The molecule has 0 aliphatic rings. The molecule has 2 rings (SSSR count). The van der Waals surface area contributed by atoms with Crippen LogP contribution in [0.3, 0.4) is 0 Å². The van der Waals surface area contributed by atoms with Gasteiger partial charge in [0.05, 0.1) is 16.6 Å². The van der Waals surface area contributed by atoms with Gasteiger partial charge in [0.25, 0.3) is 0 Å². The maximum atomic E-state index is 10.9. The zero-order chi connectivity index (χ0) is 13.8. The topological polar surface area (TPSA) is 72.6 Å². The van der Waals surface area contributed by atoms with Gasteiger partial charge >= 0.3 is 5.69 Å². The Morgan fingerprint density at radius 1 is 1.21 bits per heavy atom. The molecule has 0 amide bonds. The van der Waals surface area contributed by atoms with E-state index in [1.807, 2.05) is 0 Å². The van der Waals surface area contributed by atoms with Gasteiger partial charge in [0, 0.05) is 6.07 Å². The molecule has 0 saturated heterocycles. The van der Waals surface area contributed by atoms with E-state index in [1.165, 1.54) is 18.2 Å². The number of ether oxygens (including phenoxy) is 1. The normalized spacial score (nSPS) is 10.2. The minimum absolute atomic E-state index is 0.00548. The van der Waals surface area contributed by atoms with Crippen molar-refractivity contribution in [1.82, 2.24) is 0 Å². The monoisotopic (exact) mass is 279 g/mol. The summed E-state index contributed by atoms with van der Waals surface area (Å²) in [6.07, 6.45) is 0. The third-order valence-electron chi connectivity index (χ3n) is 2.47. The first-order valence-corrected chi connectivity index (χ1v) is 5.80. The van der Waals surface area contributed by atoms with E-state index >= 15 is 0 Å². The second-order valence-electron chi connectivity index (χ2n) is 3.75. The molecule has 0 heterocycles. The Bertz CT molecular complexity index is 598. The number of benzene rings is 2. The Kier molecular flexibility index (Phi) is 3.99. The highest BCUT2D eigenvalue weighted by Gasteiger charge is 2.18. The summed E-state index contributed by atoms with van der Waals surface area (Å²) in [6, 6.07) is 10.9. The molecule has 5 nitrogen and oxygen atoms in total. The second kappa shape index (κ2) is 5.69. The van der Waals surface area contributed by atoms with Crippen molar-refractivity contribution in [2.24, 2.45) is 0 Å². The summed E-state index contributed by atoms with van der Waals surface area (Å²) in [5, 5.41) is 20.0. The Balaban J connectivity index is 2.34.